The Bertz CT molecular complexity index is 749. The van der Waals surface area contributed by atoms with Gasteiger partial charge in [-0.05, 0) is 25.5 Å². The second kappa shape index (κ2) is 11.8. The minimum Gasteiger partial charge on any atom is -0.726 e. The van der Waals surface area contributed by atoms with E-state index in [1.165, 1.54) is 4.90 Å². The summed E-state index contributed by atoms with van der Waals surface area (Å²) in [6.45, 7) is 12.2. The molecule has 0 radical (unpaired) electrons. The van der Waals surface area contributed by atoms with Crippen molar-refractivity contribution in [2.24, 2.45) is 0 Å². The van der Waals surface area contributed by atoms with Gasteiger partial charge in [0.2, 0.25) is 10.4 Å². The van der Waals surface area contributed by atoms with Crippen molar-refractivity contribution in [2.75, 3.05) is 32.7 Å². The van der Waals surface area contributed by atoms with E-state index in [9.17, 15) is 17.8 Å². The van der Waals surface area contributed by atoms with Crippen LogP contribution < -0.4 is 4.74 Å². The van der Waals surface area contributed by atoms with Crippen LogP contribution >= 0.6 is 0 Å². The van der Waals surface area contributed by atoms with Gasteiger partial charge in [-0.15, -0.1) is 13.2 Å². The predicted octanol–water partition coefficient (Wildman–Crippen LogP) is 2.81. The molecule has 9 heteroatoms. The van der Waals surface area contributed by atoms with Crippen molar-refractivity contribution in [1.29, 1.82) is 0 Å². The SMILES string of the molecule is C=CCN(CC=C)C(=O)Oc1cc(C)c([S+](C)C)cc1C.COS(=O)(=O)[O-]. The molecule has 152 valence electrons. The molecular formula is C18H27NO6S2. The molecule has 0 atom stereocenters. The summed E-state index contributed by atoms with van der Waals surface area (Å²) in [5.41, 5.74) is 2.12. The smallest absolute Gasteiger partial charge is 0.415 e. The highest BCUT2D eigenvalue weighted by Crippen LogP contribution is 2.26. The zero-order valence-corrected chi connectivity index (χ0v) is 18.0. The second-order valence-corrected chi connectivity index (χ2v) is 8.85. The van der Waals surface area contributed by atoms with E-state index in [1.807, 2.05) is 19.9 Å². The number of hydrogen-bond acceptors (Lipinski definition) is 6. The number of ether oxygens (including phenoxy) is 1. The first-order valence-electron chi connectivity index (χ1n) is 7.85. The van der Waals surface area contributed by atoms with Crippen LogP contribution in [-0.4, -0.2) is 56.7 Å². The molecule has 0 spiro atoms. The van der Waals surface area contributed by atoms with Gasteiger partial charge < -0.3 is 14.2 Å². The van der Waals surface area contributed by atoms with E-state index in [0.29, 0.717) is 18.8 Å². The first kappa shape index (κ1) is 25.2. The topological polar surface area (TPSA) is 96.0 Å². The summed E-state index contributed by atoms with van der Waals surface area (Å²) < 4.78 is 36.5. The lowest BCUT2D eigenvalue weighted by molar-refractivity contribution is 0.162. The molecular weight excluding hydrogens is 390 g/mol. The number of hydrogen-bond donors (Lipinski definition) is 0. The lowest BCUT2D eigenvalue weighted by atomic mass is 10.1. The van der Waals surface area contributed by atoms with Gasteiger partial charge in [0.25, 0.3) is 0 Å². The maximum Gasteiger partial charge on any atom is 0.415 e. The predicted molar refractivity (Wildman–Crippen MR) is 108 cm³/mol. The number of carbonyl (C=O) groups is 1. The molecule has 0 aliphatic heterocycles. The van der Waals surface area contributed by atoms with E-state index in [-0.39, 0.29) is 17.0 Å². The molecule has 0 aliphatic rings. The van der Waals surface area contributed by atoms with Gasteiger partial charge in [0, 0.05) is 35.6 Å². The molecule has 0 heterocycles. The van der Waals surface area contributed by atoms with Crippen molar-refractivity contribution >= 4 is 27.4 Å². The van der Waals surface area contributed by atoms with E-state index in [2.05, 4.69) is 35.9 Å². The minimum atomic E-state index is -4.41. The quantitative estimate of drug-likeness (QED) is 0.293. The summed E-state index contributed by atoms with van der Waals surface area (Å²) in [4.78, 5) is 15.0. The molecule has 0 N–H and O–H groups in total. The number of carbonyl (C=O) groups excluding carboxylic acids is 1. The Balaban J connectivity index is 0.000000972. The number of aryl methyl sites for hydroxylation is 2. The summed E-state index contributed by atoms with van der Waals surface area (Å²) in [6, 6.07) is 4.04. The molecule has 0 saturated carbocycles. The Morgan fingerprint density at radius 1 is 1.19 bits per heavy atom. The number of amides is 1. The number of rotatable bonds is 7. The minimum absolute atomic E-state index is 0.186. The maximum absolute atomic E-state index is 12.2. The maximum atomic E-state index is 12.2. The average Bonchev–Trinajstić information content (AvgIpc) is 2.57. The first-order valence-corrected chi connectivity index (χ1v) is 11.2. The zero-order chi connectivity index (χ0) is 21.2. The number of nitrogens with zero attached hydrogens (tertiary/aromatic N) is 1. The lowest BCUT2D eigenvalue weighted by Gasteiger charge is -2.19. The fourth-order valence-electron chi connectivity index (χ4n) is 2.01. The molecule has 0 bridgehead atoms. The molecule has 0 aromatic heterocycles. The van der Waals surface area contributed by atoms with Gasteiger partial charge in [-0.1, -0.05) is 12.2 Å². The van der Waals surface area contributed by atoms with Crippen LogP contribution in [0.25, 0.3) is 0 Å². The fourth-order valence-corrected chi connectivity index (χ4v) is 3.12. The normalized spacial score (nSPS) is 10.6. The van der Waals surface area contributed by atoms with Gasteiger partial charge in [-0.2, -0.15) is 0 Å². The van der Waals surface area contributed by atoms with Crippen LogP contribution in [0.2, 0.25) is 0 Å². The van der Waals surface area contributed by atoms with Crippen LogP contribution in [0.4, 0.5) is 4.79 Å². The van der Waals surface area contributed by atoms with Gasteiger partial charge >= 0.3 is 6.09 Å². The molecule has 7 nitrogen and oxygen atoms in total. The largest absolute Gasteiger partial charge is 0.726 e. The van der Waals surface area contributed by atoms with Crippen LogP contribution in [0.5, 0.6) is 5.75 Å². The summed E-state index contributed by atoms with van der Waals surface area (Å²) >= 11 is 0. The standard InChI is InChI=1S/C17H24NO2S.CH4O4S/c1-7-9-18(10-8-2)17(19)20-15-11-14(4)16(21(5)6)12-13(15)3;1-5-6(2,3)4/h7-8,11-12H,1-2,9-10H2,3-6H3;1H3,(H,2,3,4)/q+1;/p-1. The highest BCUT2D eigenvalue weighted by Gasteiger charge is 2.19. The van der Waals surface area contributed by atoms with E-state index < -0.39 is 10.4 Å². The van der Waals surface area contributed by atoms with Crippen LogP contribution in [-0.2, 0) is 25.5 Å². The van der Waals surface area contributed by atoms with E-state index in [1.54, 1.807) is 17.1 Å². The Hall–Kier alpha value is -1.81. The molecule has 0 saturated heterocycles. The van der Waals surface area contributed by atoms with Crippen molar-refractivity contribution in [3.05, 3.63) is 48.6 Å². The van der Waals surface area contributed by atoms with Crippen molar-refractivity contribution in [1.82, 2.24) is 4.90 Å². The van der Waals surface area contributed by atoms with Gasteiger partial charge in [0.15, 0.2) is 4.90 Å². The highest BCUT2D eigenvalue weighted by molar-refractivity contribution is 7.95. The molecule has 0 unspecified atom stereocenters. The Kier molecular flexibility index (Phi) is 11.0. The van der Waals surface area contributed by atoms with E-state index in [4.69, 9.17) is 4.74 Å². The molecule has 0 aliphatic carbocycles. The van der Waals surface area contributed by atoms with Crippen molar-refractivity contribution in [2.45, 2.75) is 18.7 Å². The molecule has 1 aromatic carbocycles. The van der Waals surface area contributed by atoms with Gasteiger partial charge in [-0.25, -0.2) is 13.2 Å². The Morgan fingerprint density at radius 3 is 2.04 bits per heavy atom. The molecule has 27 heavy (non-hydrogen) atoms. The van der Waals surface area contributed by atoms with Crippen LogP contribution in [0, 0.1) is 13.8 Å². The summed E-state index contributed by atoms with van der Waals surface area (Å²) in [5.74, 6) is 0.616. The van der Waals surface area contributed by atoms with Crippen molar-refractivity contribution in [3.63, 3.8) is 0 Å². The van der Waals surface area contributed by atoms with E-state index >= 15 is 0 Å². The number of benzene rings is 1. The average molecular weight is 418 g/mol. The van der Waals surface area contributed by atoms with Crippen LogP contribution in [0.15, 0.2) is 42.3 Å². The monoisotopic (exact) mass is 417 g/mol. The van der Waals surface area contributed by atoms with Crippen LogP contribution in [0.3, 0.4) is 0 Å². The third kappa shape index (κ3) is 9.62. The lowest BCUT2D eigenvalue weighted by Crippen LogP contribution is -2.34. The Morgan fingerprint density at radius 2 is 1.67 bits per heavy atom. The fraction of sp³-hybridized carbons (Fsp3) is 0.389. The molecule has 1 amide bonds. The summed E-state index contributed by atoms with van der Waals surface area (Å²) in [5, 5.41) is 0. The molecule has 1 aromatic rings. The van der Waals surface area contributed by atoms with Gasteiger partial charge in [0.1, 0.15) is 18.3 Å². The van der Waals surface area contributed by atoms with Crippen molar-refractivity contribution in [3.8, 4) is 5.75 Å². The van der Waals surface area contributed by atoms with Gasteiger partial charge in [-0.3, -0.25) is 4.18 Å². The third-order valence-electron chi connectivity index (χ3n) is 3.27. The van der Waals surface area contributed by atoms with Gasteiger partial charge in [0.05, 0.1) is 7.11 Å². The first-order chi connectivity index (χ1) is 12.5. The summed E-state index contributed by atoms with van der Waals surface area (Å²) in [7, 11) is -3.42. The zero-order valence-electron chi connectivity index (χ0n) is 16.4. The molecule has 1 rings (SSSR count). The summed E-state index contributed by atoms with van der Waals surface area (Å²) in [6.07, 6.45) is 7.33. The van der Waals surface area contributed by atoms with Crippen molar-refractivity contribution < 1.29 is 26.7 Å². The van der Waals surface area contributed by atoms with Crippen LogP contribution in [0.1, 0.15) is 11.1 Å². The molecule has 0 fully saturated rings. The van der Waals surface area contributed by atoms with E-state index in [0.717, 1.165) is 18.2 Å². The Labute approximate surface area is 165 Å². The third-order valence-corrected chi connectivity index (χ3v) is 5.00. The second-order valence-electron chi connectivity index (χ2n) is 5.62. The highest BCUT2D eigenvalue weighted by atomic mass is 32.3.